The van der Waals surface area contributed by atoms with Gasteiger partial charge in [0.1, 0.15) is 0 Å². The van der Waals surface area contributed by atoms with E-state index in [1.807, 2.05) is 69.7 Å². The Morgan fingerprint density at radius 3 is 1.67 bits per heavy atom. The van der Waals surface area contributed by atoms with Crippen LogP contribution < -0.4 is 0 Å². The fraction of sp³-hybridized carbons (Fsp3) is 0.0784. The van der Waals surface area contributed by atoms with Crippen molar-refractivity contribution in [1.29, 1.82) is 0 Å². The minimum absolute atomic E-state index is 0.888. The van der Waals surface area contributed by atoms with Crippen molar-refractivity contribution >= 4 is 21.8 Å². The van der Waals surface area contributed by atoms with Crippen molar-refractivity contribution in [3.8, 4) is 61.7 Å². The van der Waals surface area contributed by atoms with Crippen LogP contribution in [0.4, 0.5) is 0 Å². The molecule has 0 radical (unpaired) electrons. The number of fused-ring (bicyclic) bond motifs is 6. The van der Waals surface area contributed by atoms with Gasteiger partial charge in [-0.25, -0.2) is 0 Å². The summed E-state index contributed by atoms with van der Waals surface area (Å²) >= 11 is 0. The van der Waals surface area contributed by atoms with Gasteiger partial charge >= 0.3 is 0 Å². The molecule has 10 rings (SSSR count). The summed E-state index contributed by atoms with van der Waals surface area (Å²) in [6, 6.07) is 54.1. The zero-order valence-corrected chi connectivity index (χ0v) is 31.4. The minimum Gasteiger partial charge on any atom is -0.309 e. The zero-order chi connectivity index (χ0) is 37.7. The molecular weight excluding hydrogens is 669 g/mol. The number of hydrogen-bond acceptors (Lipinski definition) is 3. The van der Waals surface area contributed by atoms with Crippen LogP contribution in [0.5, 0.6) is 0 Å². The van der Waals surface area contributed by atoms with Gasteiger partial charge in [0.25, 0.3) is 0 Å². The maximum Gasteiger partial charge on any atom is 0.0708 e. The molecule has 55 heavy (non-hydrogen) atoms. The van der Waals surface area contributed by atoms with E-state index in [9.17, 15) is 0 Å². The fourth-order valence-electron chi connectivity index (χ4n) is 7.72. The molecule has 4 heterocycles. The molecule has 5 aromatic carbocycles. The summed E-state index contributed by atoms with van der Waals surface area (Å²) in [6.45, 7) is 9.25. The van der Waals surface area contributed by atoms with Crippen molar-refractivity contribution in [3.05, 3.63) is 194 Å². The summed E-state index contributed by atoms with van der Waals surface area (Å²) in [5, 5.41) is 2.46. The molecule has 1 aliphatic carbocycles. The Morgan fingerprint density at radius 1 is 0.473 bits per heavy atom. The van der Waals surface area contributed by atoms with Crippen LogP contribution in [0.1, 0.15) is 31.9 Å². The van der Waals surface area contributed by atoms with Gasteiger partial charge in [-0.3, -0.25) is 15.0 Å². The van der Waals surface area contributed by atoms with Crippen LogP contribution in [0.15, 0.2) is 183 Å². The Hall–Kier alpha value is -6.91. The van der Waals surface area contributed by atoms with Crippen molar-refractivity contribution in [2.45, 2.75) is 27.2 Å². The Morgan fingerprint density at radius 2 is 1.02 bits per heavy atom. The lowest BCUT2D eigenvalue weighted by molar-refractivity contribution is 1.17. The van der Waals surface area contributed by atoms with Gasteiger partial charge in [0.05, 0.1) is 28.1 Å². The molecule has 0 unspecified atom stereocenters. The van der Waals surface area contributed by atoms with Crippen LogP contribution >= 0.6 is 0 Å². The van der Waals surface area contributed by atoms with Gasteiger partial charge in [-0.2, -0.15) is 0 Å². The first-order valence-corrected chi connectivity index (χ1v) is 19.0. The normalized spacial score (nSPS) is 11.2. The van der Waals surface area contributed by atoms with Crippen molar-refractivity contribution in [2.75, 3.05) is 0 Å². The fourth-order valence-corrected chi connectivity index (χ4v) is 7.72. The third kappa shape index (κ3) is 6.53. The lowest BCUT2D eigenvalue weighted by atomic mass is 9.94. The summed E-state index contributed by atoms with van der Waals surface area (Å²) in [5.74, 6) is 0. The van der Waals surface area contributed by atoms with Crippen LogP contribution in [0.25, 0.3) is 83.5 Å². The molecule has 9 aromatic rings. The van der Waals surface area contributed by atoms with E-state index in [1.54, 1.807) is 6.08 Å². The van der Waals surface area contributed by atoms with Crippen LogP contribution in [-0.4, -0.2) is 19.5 Å². The van der Waals surface area contributed by atoms with E-state index in [1.165, 1.54) is 55.2 Å². The second-order valence-corrected chi connectivity index (χ2v) is 13.3. The molecule has 0 N–H and O–H groups in total. The zero-order valence-electron chi connectivity index (χ0n) is 31.4. The van der Waals surface area contributed by atoms with Gasteiger partial charge in [-0.05, 0) is 126 Å². The average Bonchev–Trinajstić information content (AvgIpc) is 3.79. The summed E-state index contributed by atoms with van der Waals surface area (Å²) in [6.07, 6.45) is 8.22. The molecule has 0 bridgehead atoms. The number of nitrogens with zero attached hydrogens (tertiary/aromatic N) is 4. The third-order valence-corrected chi connectivity index (χ3v) is 10.00. The molecule has 4 heteroatoms. The van der Waals surface area contributed by atoms with E-state index in [0.29, 0.717) is 0 Å². The van der Waals surface area contributed by atoms with E-state index in [2.05, 4.69) is 137 Å². The number of hydrogen-bond donors (Lipinski definition) is 0. The van der Waals surface area contributed by atoms with Gasteiger partial charge in [-0.1, -0.05) is 92.7 Å². The van der Waals surface area contributed by atoms with Crippen molar-refractivity contribution in [3.63, 3.8) is 0 Å². The SMILES string of the molecule is C=CC.CC.c1ccc(-c2ccccc2-c2ccc3c(c2)c2ccccc2n3-c2ccc3c(c2)-c2cc(-c4ccccn4)c(-c4ccccn4)cc2C3)nc1. The third-order valence-electron chi connectivity index (χ3n) is 10.00. The molecule has 4 nitrogen and oxygen atoms in total. The largest absolute Gasteiger partial charge is 0.309 e. The summed E-state index contributed by atoms with van der Waals surface area (Å²) in [4.78, 5) is 14.2. The summed E-state index contributed by atoms with van der Waals surface area (Å²) < 4.78 is 2.42. The van der Waals surface area contributed by atoms with E-state index in [-0.39, 0.29) is 0 Å². The van der Waals surface area contributed by atoms with E-state index >= 15 is 0 Å². The Labute approximate surface area is 323 Å². The smallest absolute Gasteiger partial charge is 0.0708 e. The molecule has 0 amide bonds. The topological polar surface area (TPSA) is 43.6 Å². The van der Waals surface area contributed by atoms with Crippen molar-refractivity contribution in [2.24, 2.45) is 0 Å². The highest BCUT2D eigenvalue weighted by Gasteiger charge is 2.24. The number of aromatic nitrogens is 4. The van der Waals surface area contributed by atoms with Crippen LogP contribution in [-0.2, 0) is 6.42 Å². The lowest BCUT2D eigenvalue weighted by Crippen LogP contribution is -1.95. The molecule has 0 fully saturated rings. The van der Waals surface area contributed by atoms with Gasteiger partial charge in [0.2, 0.25) is 0 Å². The molecule has 266 valence electrons. The molecule has 0 saturated heterocycles. The standard InChI is InChI=1S/C46H30N4.C3H6.C2H6/c1-2-12-35(42-14-5-8-22-47-42)34(11-1)31-19-21-46-41(26-31)36-13-3-4-17-45(36)50(46)33-20-18-30-25-32-27-39(43-15-6-9-23-48-43)40(29-38(32)37(30)28-33)44-16-7-10-24-49-44;1-3-2;1-2/h1-24,26-29H,25H2;3H,1H2,2H3;1-2H3. The molecule has 0 saturated carbocycles. The molecule has 0 atom stereocenters. The van der Waals surface area contributed by atoms with Gasteiger partial charge in [0, 0.05) is 51.7 Å². The monoisotopic (exact) mass is 710 g/mol. The summed E-state index contributed by atoms with van der Waals surface area (Å²) in [5.41, 5.74) is 17.3. The first kappa shape index (κ1) is 35.1. The molecule has 1 aliphatic rings. The predicted molar refractivity (Wildman–Crippen MR) is 231 cm³/mol. The molecular formula is C51H42N4. The molecule has 0 spiro atoms. The van der Waals surface area contributed by atoms with Crippen LogP contribution in [0.2, 0.25) is 0 Å². The maximum atomic E-state index is 4.76. The highest BCUT2D eigenvalue weighted by molar-refractivity contribution is 6.11. The second-order valence-electron chi connectivity index (χ2n) is 13.3. The molecule has 4 aromatic heterocycles. The van der Waals surface area contributed by atoms with E-state index in [4.69, 9.17) is 9.97 Å². The first-order valence-electron chi connectivity index (χ1n) is 19.0. The quantitative estimate of drug-likeness (QED) is 0.167. The van der Waals surface area contributed by atoms with Gasteiger partial charge < -0.3 is 4.57 Å². The van der Waals surface area contributed by atoms with Crippen LogP contribution in [0.3, 0.4) is 0 Å². The summed E-state index contributed by atoms with van der Waals surface area (Å²) in [7, 11) is 0. The highest BCUT2D eigenvalue weighted by Crippen LogP contribution is 2.45. The predicted octanol–water partition coefficient (Wildman–Crippen LogP) is 13.4. The Bertz CT molecular complexity index is 2770. The Balaban J connectivity index is 0.000000817. The number of para-hydroxylation sites is 1. The van der Waals surface area contributed by atoms with E-state index in [0.717, 1.165) is 45.9 Å². The number of rotatable bonds is 5. The Kier molecular flexibility index (Phi) is 9.96. The van der Waals surface area contributed by atoms with Crippen molar-refractivity contribution < 1.29 is 0 Å². The number of pyridine rings is 3. The molecule has 0 aliphatic heterocycles. The van der Waals surface area contributed by atoms with Crippen LogP contribution in [0, 0.1) is 0 Å². The average molecular weight is 711 g/mol. The van der Waals surface area contributed by atoms with E-state index < -0.39 is 0 Å². The van der Waals surface area contributed by atoms with Gasteiger partial charge in [0.15, 0.2) is 0 Å². The minimum atomic E-state index is 0.888. The number of allylic oxidation sites excluding steroid dienone is 1. The first-order chi connectivity index (χ1) is 27.2. The second kappa shape index (κ2) is 15.6. The van der Waals surface area contributed by atoms with Crippen molar-refractivity contribution in [1.82, 2.24) is 19.5 Å². The maximum absolute atomic E-state index is 4.76. The van der Waals surface area contributed by atoms with Gasteiger partial charge in [-0.15, -0.1) is 6.58 Å². The number of benzene rings is 5. The highest BCUT2D eigenvalue weighted by atomic mass is 15.0. The lowest BCUT2D eigenvalue weighted by Gasteiger charge is -2.14.